The van der Waals surface area contributed by atoms with Crippen molar-refractivity contribution in [1.82, 2.24) is 20.1 Å². The number of para-hydroxylation sites is 1. The number of hydrogen-bond acceptors (Lipinski definition) is 6. The molecule has 4 rings (SSSR count). The fourth-order valence-electron chi connectivity index (χ4n) is 3.22. The molecule has 0 spiro atoms. The Bertz CT molecular complexity index is 1090. The molecule has 0 fully saturated rings. The lowest BCUT2D eigenvalue weighted by molar-refractivity contribution is 0.378. The van der Waals surface area contributed by atoms with E-state index in [-0.39, 0.29) is 6.04 Å². The summed E-state index contributed by atoms with van der Waals surface area (Å²) in [4.78, 5) is 13.9. The van der Waals surface area contributed by atoms with Gasteiger partial charge in [-0.2, -0.15) is 4.98 Å². The fraction of sp³-hybridized carbons (Fsp3) is 0.273. The third-order valence-electron chi connectivity index (χ3n) is 4.71. The van der Waals surface area contributed by atoms with Crippen LogP contribution in [-0.4, -0.2) is 20.1 Å². The van der Waals surface area contributed by atoms with Gasteiger partial charge in [-0.3, -0.25) is 4.98 Å². The number of hydrogen-bond donors (Lipinski definition) is 1. The van der Waals surface area contributed by atoms with E-state index in [0.29, 0.717) is 11.7 Å². The molecule has 1 aromatic carbocycles. The van der Waals surface area contributed by atoms with E-state index < -0.39 is 0 Å². The maximum absolute atomic E-state index is 5.41. The lowest BCUT2D eigenvalue weighted by atomic mass is 10.1. The van der Waals surface area contributed by atoms with Crippen molar-refractivity contribution in [3.05, 3.63) is 65.8 Å². The number of anilines is 1. The molecule has 0 radical (unpaired) electrons. The summed E-state index contributed by atoms with van der Waals surface area (Å²) in [6, 6.07) is 14.1. The van der Waals surface area contributed by atoms with Crippen LogP contribution >= 0.6 is 0 Å². The quantitative estimate of drug-likeness (QED) is 0.506. The van der Waals surface area contributed by atoms with Crippen molar-refractivity contribution < 1.29 is 4.52 Å². The summed E-state index contributed by atoms with van der Waals surface area (Å²) in [5, 5.41) is 8.73. The first-order chi connectivity index (χ1) is 13.7. The number of aromatic nitrogens is 4. The third-order valence-corrected chi connectivity index (χ3v) is 4.71. The van der Waals surface area contributed by atoms with Crippen molar-refractivity contribution >= 4 is 16.7 Å². The number of nitrogens with zero attached hydrogens (tertiary/aromatic N) is 4. The molecule has 1 atom stereocenters. The van der Waals surface area contributed by atoms with Gasteiger partial charge in [0.05, 0.1) is 22.8 Å². The second kappa shape index (κ2) is 7.76. The monoisotopic (exact) mass is 373 g/mol. The van der Waals surface area contributed by atoms with Crippen molar-refractivity contribution in [3.8, 4) is 11.4 Å². The molecule has 3 aromatic heterocycles. The molecule has 0 aliphatic rings. The molecule has 0 unspecified atom stereocenters. The summed E-state index contributed by atoms with van der Waals surface area (Å²) < 4.78 is 5.41. The van der Waals surface area contributed by atoms with E-state index in [1.165, 1.54) is 0 Å². The van der Waals surface area contributed by atoms with Gasteiger partial charge < -0.3 is 9.84 Å². The van der Waals surface area contributed by atoms with E-state index in [4.69, 9.17) is 9.51 Å². The second-order valence-electron chi connectivity index (χ2n) is 6.91. The number of nitrogens with one attached hydrogen (secondary N) is 1. The van der Waals surface area contributed by atoms with Crippen LogP contribution in [-0.2, 0) is 6.42 Å². The van der Waals surface area contributed by atoms with Crippen LogP contribution in [0.4, 0.5) is 5.82 Å². The van der Waals surface area contributed by atoms with Crippen LogP contribution in [0.5, 0.6) is 0 Å². The number of fused-ring (bicyclic) bond motifs is 1. The van der Waals surface area contributed by atoms with Crippen molar-refractivity contribution in [2.24, 2.45) is 0 Å². The van der Waals surface area contributed by atoms with Gasteiger partial charge in [0.1, 0.15) is 5.82 Å². The lowest BCUT2D eigenvalue weighted by Gasteiger charge is -2.17. The first-order valence-corrected chi connectivity index (χ1v) is 9.56. The summed E-state index contributed by atoms with van der Waals surface area (Å²) in [6.07, 6.45) is 3.52. The van der Waals surface area contributed by atoms with E-state index in [2.05, 4.69) is 59.4 Å². The van der Waals surface area contributed by atoms with Crippen molar-refractivity contribution in [1.29, 1.82) is 0 Å². The highest BCUT2D eigenvalue weighted by atomic mass is 16.5. The highest BCUT2D eigenvalue weighted by molar-refractivity contribution is 5.89. The Hall–Kier alpha value is -3.28. The van der Waals surface area contributed by atoms with Crippen LogP contribution in [0.25, 0.3) is 22.3 Å². The van der Waals surface area contributed by atoms with Gasteiger partial charge in [-0.15, -0.1) is 0 Å². The van der Waals surface area contributed by atoms with Gasteiger partial charge in [0, 0.05) is 18.0 Å². The SMILES string of the molecule is CCCc1nc(-c2cc3cccc(C)c3nc2N[C@H](C)c2ccccn2)no1. The lowest BCUT2D eigenvalue weighted by Crippen LogP contribution is -2.11. The molecular weight excluding hydrogens is 350 g/mol. The van der Waals surface area contributed by atoms with Crippen molar-refractivity contribution in [3.63, 3.8) is 0 Å². The maximum atomic E-state index is 5.41. The Morgan fingerprint density at radius 2 is 2.00 bits per heavy atom. The van der Waals surface area contributed by atoms with Gasteiger partial charge in [0.15, 0.2) is 0 Å². The molecule has 0 amide bonds. The van der Waals surface area contributed by atoms with Crippen LogP contribution in [0.1, 0.15) is 43.5 Å². The smallest absolute Gasteiger partial charge is 0.226 e. The third kappa shape index (κ3) is 3.58. The van der Waals surface area contributed by atoms with Gasteiger partial charge in [-0.1, -0.05) is 36.3 Å². The van der Waals surface area contributed by atoms with E-state index in [1.807, 2.05) is 24.3 Å². The van der Waals surface area contributed by atoms with Crippen LogP contribution < -0.4 is 5.32 Å². The topological polar surface area (TPSA) is 76.7 Å². The molecule has 0 saturated carbocycles. The molecule has 3 heterocycles. The van der Waals surface area contributed by atoms with E-state index in [9.17, 15) is 0 Å². The van der Waals surface area contributed by atoms with Crippen molar-refractivity contribution in [2.75, 3.05) is 5.32 Å². The van der Waals surface area contributed by atoms with Gasteiger partial charge in [0.25, 0.3) is 0 Å². The zero-order valence-corrected chi connectivity index (χ0v) is 16.3. The Labute approximate surface area is 164 Å². The minimum absolute atomic E-state index is 0.0177. The highest BCUT2D eigenvalue weighted by Crippen LogP contribution is 2.31. The van der Waals surface area contributed by atoms with E-state index in [0.717, 1.165) is 46.4 Å². The van der Waals surface area contributed by atoms with Gasteiger partial charge in [-0.05, 0) is 44.0 Å². The van der Waals surface area contributed by atoms with Gasteiger partial charge in [0.2, 0.25) is 11.7 Å². The molecule has 0 aliphatic carbocycles. The predicted molar refractivity (Wildman–Crippen MR) is 110 cm³/mol. The Balaban J connectivity index is 1.80. The molecule has 0 bridgehead atoms. The summed E-state index contributed by atoms with van der Waals surface area (Å²) in [5.74, 6) is 1.92. The van der Waals surface area contributed by atoms with Crippen LogP contribution in [0, 0.1) is 6.92 Å². The molecule has 4 aromatic rings. The average molecular weight is 373 g/mol. The summed E-state index contributed by atoms with van der Waals surface area (Å²) in [5.41, 5.74) is 3.85. The molecule has 0 saturated heterocycles. The molecule has 142 valence electrons. The minimum Gasteiger partial charge on any atom is -0.361 e. The van der Waals surface area contributed by atoms with Gasteiger partial charge >= 0.3 is 0 Å². The maximum Gasteiger partial charge on any atom is 0.226 e. The number of rotatable bonds is 6. The molecule has 6 heteroatoms. The van der Waals surface area contributed by atoms with Crippen LogP contribution in [0.15, 0.2) is 53.2 Å². The minimum atomic E-state index is -0.0177. The standard InChI is InChI=1S/C22H23N5O/c1-4-8-19-25-22(27-28-19)17-13-16-10-7-9-14(2)20(16)26-21(17)24-15(3)18-11-5-6-12-23-18/h5-7,9-13,15H,4,8H2,1-3H3,(H,24,26)/t15-/m1/s1. The predicted octanol–water partition coefficient (Wildman–Crippen LogP) is 5.11. The van der Waals surface area contributed by atoms with E-state index >= 15 is 0 Å². The number of aryl methyl sites for hydroxylation is 2. The zero-order valence-electron chi connectivity index (χ0n) is 16.3. The first kappa shape index (κ1) is 18.1. The number of pyridine rings is 2. The normalized spacial score (nSPS) is 12.2. The second-order valence-corrected chi connectivity index (χ2v) is 6.91. The zero-order chi connectivity index (χ0) is 19.5. The molecule has 1 N–H and O–H groups in total. The first-order valence-electron chi connectivity index (χ1n) is 9.56. The fourth-order valence-corrected chi connectivity index (χ4v) is 3.22. The molecule has 28 heavy (non-hydrogen) atoms. The van der Waals surface area contributed by atoms with Crippen molar-refractivity contribution in [2.45, 2.75) is 39.7 Å². The Kier molecular flexibility index (Phi) is 5.02. The van der Waals surface area contributed by atoms with Crippen LogP contribution in [0.3, 0.4) is 0 Å². The molecule has 0 aliphatic heterocycles. The van der Waals surface area contributed by atoms with Gasteiger partial charge in [-0.25, -0.2) is 4.98 Å². The Morgan fingerprint density at radius 3 is 2.79 bits per heavy atom. The summed E-state index contributed by atoms with van der Waals surface area (Å²) in [6.45, 7) is 6.22. The average Bonchev–Trinajstić information content (AvgIpc) is 3.17. The largest absolute Gasteiger partial charge is 0.361 e. The molecular formula is C22H23N5O. The number of benzene rings is 1. The summed E-state index contributed by atoms with van der Waals surface area (Å²) in [7, 11) is 0. The van der Waals surface area contributed by atoms with Crippen LogP contribution in [0.2, 0.25) is 0 Å². The Morgan fingerprint density at radius 1 is 1.11 bits per heavy atom. The molecule has 6 nitrogen and oxygen atoms in total. The van der Waals surface area contributed by atoms with E-state index in [1.54, 1.807) is 6.20 Å². The highest BCUT2D eigenvalue weighted by Gasteiger charge is 2.18. The summed E-state index contributed by atoms with van der Waals surface area (Å²) >= 11 is 0.